The Hall–Kier alpha value is -7.46. The number of carbonyl (C=O) groups is 2. The molecule has 0 radical (unpaired) electrons. The molecule has 1 atom stereocenters. The zero-order valence-corrected chi connectivity index (χ0v) is 36.8. The largest absolute Gasteiger partial charge is 0.647 e. The van der Waals surface area contributed by atoms with E-state index >= 15 is 0 Å². The molecule has 0 aromatic heterocycles. The number of hydrogen-bond donors (Lipinski definition) is 2. The first-order valence-electron chi connectivity index (χ1n) is 19.9. The number of phosphoric acid groups is 2. The Morgan fingerprint density at radius 3 is 1.33 bits per heavy atom. The predicted octanol–water partition coefficient (Wildman–Crippen LogP) is 12.8. The highest BCUT2D eigenvalue weighted by Crippen LogP contribution is 2.52. The molecular weight excluding hydrogens is 856 g/mol. The maximum absolute atomic E-state index is 13.8. The number of ether oxygens (including phenoxy) is 1. The molecule has 0 aliphatic heterocycles. The maximum atomic E-state index is 13.8. The summed E-state index contributed by atoms with van der Waals surface area (Å²) in [7, 11) is -8.51. The van der Waals surface area contributed by atoms with Gasteiger partial charge in [-0.3, -0.25) is 4.79 Å². The molecule has 0 aliphatic carbocycles. The number of para-hydroxylation sites is 4. The number of aromatic carboxylic acids is 1. The molecule has 15 heteroatoms. The average molecular weight is 902 g/mol. The van der Waals surface area contributed by atoms with Crippen molar-refractivity contribution < 1.29 is 55.7 Å². The molecule has 0 aliphatic rings. The number of rotatable bonds is 18. The monoisotopic (exact) mass is 901 g/mol. The van der Waals surface area contributed by atoms with Crippen LogP contribution in [0.1, 0.15) is 34.8 Å². The molecule has 1 unspecified atom stereocenters. The molecule has 0 bridgehead atoms. The normalized spacial score (nSPS) is 11.4. The molecule has 0 heterocycles. The summed E-state index contributed by atoms with van der Waals surface area (Å²) < 4.78 is 67.6. The molecule has 0 saturated heterocycles. The lowest BCUT2D eigenvalue weighted by Crippen LogP contribution is -2.32. The summed E-state index contributed by atoms with van der Waals surface area (Å²) in [6, 6.07) is 52.0. The maximum Gasteiger partial charge on any atom is 0.647 e. The third kappa shape index (κ3) is 14.0. The van der Waals surface area contributed by atoms with E-state index in [1.54, 1.807) is 140 Å². The van der Waals surface area contributed by atoms with Crippen LogP contribution in [0.15, 0.2) is 188 Å². The zero-order valence-electron chi connectivity index (χ0n) is 35.0. The van der Waals surface area contributed by atoms with Gasteiger partial charge in [0.05, 0.1) is 5.56 Å². The van der Waals surface area contributed by atoms with Crippen molar-refractivity contribution in [1.82, 2.24) is 0 Å². The van der Waals surface area contributed by atoms with Gasteiger partial charge in [0, 0.05) is 11.8 Å². The van der Waals surface area contributed by atoms with Crippen LogP contribution in [0.2, 0.25) is 0 Å². The summed E-state index contributed by atoms with van der Waals surface area (Å²) in [5.74, 6) is 0.596. The Labute approximate surface area is 371 Å². The van der Waals surface area contributed by atoms with Gasteiger partial charge < -0.3 is 42.3 Å². The molecule has 64 heavy (non-hydrogen) atoms. The number of hydrogen-bond acceptors (Lipinski definition) is 11. The Morgan fingerprint density at radius 2 is 0.922 bits per heavy atom. The van der Waals surface area contributed by atoms with Gasteiger partial charge in [-0.1, -0.05) is 110 Å². The van der Waals surface area contributed by atoms with Gasteiger partial charge in [-0.15, -0.1) is 0 Å². The number of amides is 1. The quantitative estimate of drug-likeness (QED) is 0.0784. The van der Waals surface area contributed by atoms with E-state index in [1.807, 2.05) is 39.0 Å². The van der Waals surface area contributed by atoms with Crippen molar-refractivity contribution in [1.29, 1.82) is 0 Å². The van der Waals surface area contributed by atoms with Gasteiger partial charge in [0.15, 0.2) is 6.10 Å². The van der Waals surface area contributed by atoms with Crippen LogP contribution < -0.4 is 37.2 Å². The van der Waals surface area contributed by atoms with Crippen LogP contribution in [0.5, 0.6) is 40.2 Å². The number of carboxylic acids is 1. The summed E-state index contributed by atoms with van der Waals surface area (Å²) in [6.07, 6.45) is -0.155. The van der Waals surface area contributed by atoms with Gasteiger partial charge >= 0.3 is 21.6 Å². The summed E-state index contributed by atoms with van der Waals surface area (Å²) in [4.78, 5) is 23.4. The van der Waals surface area contributed by atoms with Gasteiger partial charge in [-0.2, -0.15) is 9.13 Å². The molecule has 0 spiro atoms. The number of phosphoric ester groups is 2. The van der Waals surface area contributed by atoms with Gasteiger partial charge in [0.25, 0.3) is 5.91 Å². The Bertz CT molecular complexity index is 2500. The van der Waals surface area contributed by atoms with E-state index in [9.17, 15) is 18.7 Å². The second kappa shape index (κ2) is 22.1. The molecule has 0 fully saturated rings. The summed E-state index contributed by atoms with van der Waals surface area (Å²) in [6.45, 7) is 5.79. The summed E-state index contributed by atoms with van der Waals surface area (Å²) in [5, 5.41) is 11.7. The molecule has 1 amide bonds. The molecule has 7 aromatic carbocycles. The zero-order chi connectivity index (χ0) is 45.4. The minimum Gasteiger partial charge on any atom is -0.480 e. The Morgan fingerprint density at radius 1 is 0.516 bits per heavy atom. The molecule has 7 rings (SSSR count). The van der Waals surface area contributed by atoms with Crippen LogP contribution in [-0.4, -0.2) is 23.1 Å². The second-order valence-corrected chi connectivity index (χ2v) is 16.7. The number of nitrogens with one attached hydrogen (secondary N) is 1. The Kier molecular flexibility index (Phi) is 15.9. The average Bonchev–Trinajstić information content (AvgIpc) is 3.27. The summed E-state index contributed by atoms with van der Waals surface area (Å²) >= 11 is 0. The van der Waals surface area contributed by atoms with Crippen LogP contribution >= 0.6 is 15.6 Å². The van der Waals surface area contributed by atoms with E-state index in [1.165, 1.54) is 30.3 Å². The van der Waals surface area contributed by atoms with Crippen molar-refractivity contribution in [2.24, 2.45) is 0 Å². The fraction of sp³-hybridized carbons (Fsp3) is 0.102. The highest BCUT2D eigenvalue weighted by Gasteiger charge is 2.35. The number of anilines is 1. The van der Waals surface area contributed by atoms with E-state index < -0.39 is 27.7 Å². The smallest absolute Gasteiger partial charge is 0.480 e. The number of benzene rings is 7. The highest BCUT2D eigenvalue weighted by molar-refractivity contribution is 7.50. The third-order valence-electron chi connectivity index (χ3n) is 8.72. The minimum absolute atomic E-state index is 0.0682. The first-order chi connectivity index (χ1) is 30.9. The fourth-order valence-electron chi connectivity index (χ4n) is 5.76. The van der Waals surface area contributed by atoms with Crippen molar-refractivity contribution in [3.8, 4) is 40.2 Å². The van der Waals surface area contributed by atoms with Gasteiger partial charge in [0.1, 0.15) is 40.2 Å². The van der Waals surface area contributed by atoms with E-state index in [0.29, 0.717) is 17.9 Å². The van der Waals surface area contributed by atoms with Crippen LogP contribution in [-0.2, 0) is 13.9 Å². The van der Waals surface area contributed by atoms with Gasteiger partial charge in [0.2, 0.25) is 0 Å². The molecule has 2 N–H and O–H groups in total. The minimum atomic E-state index is -4.25. The molecule has 328 valence electrons. The van der Waals surface area contributed by atoms with Crippen LogP contribution in [0.25, 0.3) is 0 Å². The van der Waals surface area contributed by atoms with Gasteiger partial charge in [-0.05, 0) is 111 Å². The number of carbonyl (C=O) groups excluding carboxylic acids is 1. The molecule has 7 aromatic rings. The summed E-state index contributed by atoms with van der Waals surface area (Å²) in [5.41, 5.74) is 2.65. The van der Waals surface area contributed by atoms with Crippen molar-refractivity contribution in [3.63, 3.8) is 0 Å². The van der Waals surface area contributed by atoms with E-state index in [4.69, 9.17) is 37.0 Å². The standard InChI is InChI=1S/C30H24O8P2.C19H21NO4/c31-39(33-25-14-5-1-6-15-25,34-26-16-7-2-8-17-26)37-29-22-13-23-30(24-29)38-40(32,35-27-18-9-3-10-19-27)36-28-20-11-4-12-21-28;1-4-16(24-17-9-8-12(2)10-13(17)3)18(21)20-15-7-5-6-14(11-15)19(22)23/h1-24H;5-11,16H,4H2,1-3H3,(H,20,21)(H,22,23). The van der Waals surface area contributed by atoms with E-state index in [2.05, 4.69) is 5.32 Å². The van der Waals surface area contributed by atoms with E-state index in [0.717, 1.165) is 11.1 Å². The van der Waals surface area contributed by atoms with E-state index in [-0.39, 0.29) is 46.0 Å². The lowest BCUT2D eigenvalue weighted by molar-refractivity contribution is -0.122. The van der Waals surface area contributed by atoms with Crippen LogP contribution in [0, 0.1) is 13.8 Å². The van der Waals surface area contributed by atoms with Crippen LogP contribution in [0.4, 0.5) is 5.69 Å². The fourth-order valence-corrected chi connectivity index (χ4v) is 8.25. The van der Waals surface area contributed by atoms with Crippen LogP contribution in [0.3, 0.4) is 0 Å². The molecule has 0 saturated carbocycles. The Balaban J connectivity index is 0.000000242. The molecular formula is C49H45NO12P2. The topological polar surface area (TPSA) is 165 Å². The van der Waals surface area contributed by atoms with Crippen molar-refractivity contribution in [3.05, 3.63) is 205 Å². The highest BCUT2D eigenvalue weighted by atomic mass is 31.2. The SMILES string of the molecule is CCC(Oc1ccc(C)cc1C)C(=O)Nc1cccc(C(=O)O)c1.O=P(Oc1ccccc1)(Oc1ccccc1)Oc1cccc(OP(=O)(Oc2ccccc2)Oc2ccccc2)c1. The molecule has 13 nitrogen and oxygen atoms in total. The van der Waals surface area contributed by atoms with Gasteiger partial charge in [-0.25, -0.2) is 4.79 Å². The first-order valence-corrected chi connectivity index (χ1v) is 22.9. The lowest BCUT2D eigenvalue weighted by atomic mass is 10.1. The lowest BCUT2D eigenvalue weighted by Gasteiger charge is -2.21. The van der Waals surface area contributed by atoms with Crippen molar-refractivity contribution in [2.75, 3.05) is 5.32 Å². The first kappa shape index (κ1) is 46.1. The predicted molar refractivity (Wildman–Crippen MR) is 244 cm³/mol. The number of carboxylic acid groups (broad SMARTS) is 1. The number of aryl methyl sites for hydroxylation is 2. The second-order valence-electron chi connectivity index (χ2n) is 13.8. The van der Waals surface area contributed by atoms with Crippen molar-refractivity contribution >= 4 is 33.2 Å². The third-order valence-corrected chi connectivity index (χ3v) is 11.3. The van der Waals surface area contributed by atoms with Crippen molar-refractivity contribution in [2.45, 2.75) is 33.3 Å².